The zero-order chi connectivity index (χ0) is 16.7. The summed E-state index contributed by atoms with van der Waals surface area (Å²) < 4.78 is 7.56. The van der Waals surface area contributed by atoms with E-state index < -0.39 is 0 Å². The molecule has 0 radical (unpaired) electrons. The highest BCUT2D eigenvalue weighted by molar-refractivity contribution is 9.10. The normalized spacial score (nSPS) is 29.5. The topological polar surface area (TPSA) is 38.5 Å². The van der Waals surface area contributed by atoms with Gasteiger partial charge in [-0.2, -0.15) is 0 Å². The van der Waals surface area contributed by atoms with E-state index in [1.165, 1.54) is 5.56 Å². The number of benzene rings is 2. The number of likely N-dealkylation sites (tertiary alicyclic amines) is 1. The summed E-state index contributed by atoms with van der Waals surface area (Å²) in [4.78, 5) is 2.52. The first-order valence-electron chi connectivity index (χ1n) is 8.57. The van der Waals surface area contributed by atoms with Gasteiger partial charge >= 0.3 is 0 Å². The molecule has 0 aliphatic carbocycles. The third-order valence-corrected chi connectivity index (χ3v) is 5.79. The minimum absolute atomic E-state index is 0.0372. The van der Waals surface area contributed by atoms with Crippen LogP contribution >= 0.6 is 15.9 Å². The van der Waals surface area contributed by atoms with Crippen LogP contribution in [0.3, 0.4) is 0 Å². The molecule has 0 aromatic heterocycles. The van der Waals surface area contributed by atoms with Crippen LogP contribution in [0.5, 0.6) is 5.75 Å². The van der Waals surface area contributed by atoms with E-state index in [0.717, 1.165) is 41.7 Å². The van der Waals surface area contributed by atoms with Gasteiger partial charge in [0.15, 0.2) is 0 Å². The molecule has 2 aliphatic rings. The Morgan fingerprint density at radius 3 is 2.79 bits per heavy atom. The molecule has 1 fully saturated rings. The fourth-order valence-corrected chi connectivity index (χ4v) is 4.58. The van der Waals surface area contributed by atoms with Crippen LogP contribution in [0.25, 0.3) is 0 Å². The van der Waals surface area contributed by atoms with Crippen LogP contribution < -0.4 is 10.5 Å². The average Bonchev–Trinajstić information content (AvgIpc) is 2.84. The molecular weight excluding hydrogens is 364 g/mol. The average molecular weight is 387 g/mol. The second-order valence-corrected chi connectivity index (χ2v) is 8.14. The fourth-order valence-electron chi connectivity index (χ4n) is 4.20. The van der Waals surface area contributed by atoms with Crippen molar-refractivity contribution >= 4 is 15.9 Å². The van der Waals surface area contributed by atoms with Gasteiger partial charge in [-0.25, -0.2) is 0 Å². The molecule has 2 aliphatic heterocycles. The zero-order valence-electron chi connectivity index (χ0n) is 13.9. The van der Waals surface area contributed by atoms with Crippen molar-refractivity contribution in [2.75, 3.05) is 6.54 Å². The first-order chi connectivity index (χ1) is 11.5. The standard InChI is InChI=1S/C20H23BrN2O/c1-14-10-20(13-23(14)12-15-5-3-2-4-6-15)11-18(22)17-9-16(21)7-8-19(17)24-20/h2-9,14,18H,10-13,22H2,1H3. The third kappa shape index (κ3) is 2.99. The number of nitrogens with zero attached hydrogens (tertiary/aromatic N) is 1. The van der Waals surface area contributed by atoms with Gasteiger partial charge in [0.25, 0.3) is 0 Å². The number of rotatable bonds is 2. The predicted octanol–water partition coefficient (Wildman–Crippen LogP) is 4.26. The second kappa shape index (κ2) is 6.17. The van der Waals surface area contributed by atoms with Crippen molar-refractivity contribution in [1.82, 2.24) is 4.90 Å². The van der Waals surface area contributed by atoms with Gasteiger partial charge in [-0.15, -0.1) is 0 Å². The quantitative estimate of drug-likeness (QED) is 0.837. The van der Waals surface area contributed by atoms with Gasteiger partial charge in [-0.05, 0) is 30.7 Å². The van der Waals surface area contributed by atoms with Crippen LogP contribution in [0.4, 0.5) is 0 Å². The largest absolute Gasteiger partial charge is 0.485 e. The zero-order valence-corrected chi connectivity index (χ0v) is 15.5. The predicted molar refractivity (Wildman–Crippen MR) is 100.0 cm³/mol. The van der Waals surface area contributed by atoms with Crippen molar-refractivity contribution in [3.8, 4) is 5.75 Å². The molecule has 2 N–H and O–H groups in total. The monoisotopic (exact) mass is 386 g/mol. The van der Waals surface area contributed by atoms with Crippen LogP contribution in [-0.2, 0) is 6.54 Å². The van der Waals surface area contributed by atoms with Gasteiger partial charge in [0.05, 0.1) is 0 Å². The molecule has 4 rings (SSSR count). The van der Waals surface area contributed by atoms with Crippen molar-refractivity contribution in [3.63, 3.8) is 0 Å². The summed E-state index contributed by atoms with van der Waals surface area (Å²) in [5.41, 5.74) is 8.80. The fraction of sp³-hybridized carbons (Fsp3) is 0.400. The number of hydrogen-bond acceptors (Lipinski definition) is 3. The van der Waals surface area contributed by atoms with Crippen LogP contribution in [0, 0.1) is 0 Å². The van der Waals surface area contributed by atoms with Crippen LogP contribution in [0.1, 0.15) is 36.9 Å². The summed E-state index contributed by atoms with van der Waals surface area (Å²) in [5.74, 6) is 0.950. The lowest BCUT2D eigenvalue weighted by atomic mass is 9.86. The molecule has 2 heterocycles. The van der Waals surface area contributed by atoms with E-state index in [2.05, 4.69) is 64.2 Å². The summed E-state index contributed by atoms with van der Waals surface area (Å²) in [7, 11) is 0. The number of nitrogens with two attached hydrogens (primary N) is 1. The highest BCUT2D eigenvalue weighted by atomic mass is 79.9. The van der Waals surface area contributed by atoms with Gasteiger partial charge in [-0.1, -0.05) is 46.3 Å². The van der Waals surface area contributed by atoms with Crippen LogP contribution in [0.2, 0.25) is 0 Å². The third-order valence-electron chi connectivity index (χ3n) is 5.30. The van der Waals surface area contributed by atoms with E-state index in [1.807, 2.05) is 12.1 Å². The number of fused-ring (bicyclic) bond motifs is 1. The molecule has 1 saturated heterocycles. The molecule has 1 spiro atoms. The number of halogens is 1. The molecule has 24 heavy (non-hydrogen) atoms. The Morgan fingerprint density at radius 1 is 1.21 bits per heavy atom. The van der Waals surface area contributed by atoms with Gasteiger partial charge in [0.2, 0.25) is 0 Å². The Labute approximate surface area is 151 Å². The molecule has 0 bridgehead atoms. The molecule has 3 atom stereocenters. The molecule has 3 unspecified atom stereocenters. The van der Waals surface area contributed by atoms with Crippen molar-refractivity contribution in [2.45, 2.75) is 44.0 Å². The molecular formula is C20H23BrN2O. The van der Waals surface area contributed by atoms with Crippen LogP contribution in [-0.4, -0.2) is 23.1 Å². The van der Waals surface area contributed by atoms with E-state index in [-0.39, 0.29) is 11.6 Å². The Morgan fingerprint density at radius 2 is 2.00 bits per heavy atom. The van der Waals surface area contributed by atoms with Crippen molar-refractivity contribution < 1.29 is 4.74 Å². The lowest BCUT2D eigenvalue weighted by Gasteiger charge is -2.39. The SMILES string of the molecule is CC1CC2(CC(N)c3cc(Br)ccc3O2)CN1Cc1ccccc1. The number of hydrogen-bond donors (Lipinski definition) is 1. The van der Waals surface area contributed by atoms with Gasteiger partial charge in [0, 0.05) is 48.1 Å². The lowest BCUT2D eigenvalue weighted by molar-refractivity contribution is 0.0433. The highest BCUT2D eigenvalue weighted by Crippen LogP contribution is 2.45. The first-order valence-corrected chi connectivity index (χ1v) is 9.36. The van der Waals surface area contributed by atoms with E-state index in [0.29, 0.717) is 6.04 Å². The maximum absolute atomic E-state index is 6.50. The molecule has 0 amide bonds. The Bertz CT molecular complexity index is 736. The molecule has 3 nitrogen and oxygen atoms in total. The summed E-state index contributed by atoms with van der Waals surface area (Å²) >= 11 is 3.53. The van der Waals surface area contributed by atoms with E-state index in [9.17, 15) is 0 Å². The number of ether oxygens (including phenoxy) is 1. The minimum Gasteiger partial charge on any atom is -0.485 e. The maximum atomic E-state index is 6.50. The van der Waals surface area contributed by atoms with Crippen molar-refractivity contribution in [2.24, 2.45) is 5.73 Å². The molecule has 2 aromatic carbocycles. The maximum Gasteiger partial charge on any atom is 0.125 e. The summed E-state index contributed by atoms with van der Waals surface area (Å²) in [6.45, 7) is 4.20. The molecule has 0 saturated carbocycles. The summed E-state index contributed by atoms with van der Waals surface area (Å²) in [6, 6.07) is 17.4. The Hall–Kier alpha value is -1.36. The summed E-state index contributed by atoms with van der Waals surface area (Å²) in [5, 5.41) is 0. The van der Waals surface area contributed by atoms with Gasteiger partial charge < -0.3 is 10.5 Å². The lowest BCUT2D eigenvalue weighted by Crippen LogP contribution is -2.45. The molecule has 126 valence electrons. The van der Waals surface area contributed by atoms with E-state index in [1.54, 1.807) is 0 Å². The van der Waals surface area contributed by atoms with Crippen molar-refractivity contribution in [3.05, 3.63) is 64.1 Å². The Balaban J connectivity index is 1.56. The van der Waals surface area contributed by atoms with Crippen molar-refractivity contribution in [1.29, 1.82) is 0 Å². The smallest absolute Gasteiger partial charge is 0.125 e. The van der Waals surface area contributed by atoms with E-state index in [4.69, 9.17) is 10.5 Å². The van der Waals surface area contributed by atoms with Gasteiger partial charge in [0.1, 0.15) is 11.4 Å². The molecule has 2 aromatic rings. The van der Waals surface area contributed by atoms with Gasteiger partial charge in [-0.3, -0.25) is 4.90 Å². The van der Waals surface area contributed by atoms with Crippen LogP contribution in [0.15, 0.2) is 53.0 Å². The second-order valence-electron chi connectivity index (χ2n) is 7.22. The Kier molecular flexibility index (Phi) is 4.15. The minimum atomic E-state index is -0.158. The summed E-state index contributed by atoms with van der Waals surface area (Å²) in [6.07, 6.45) is 1.91. The first kappa shape index (κ1) is 16.1. The van der Waals surface area contributed by atoms with E-state index >= 15 is 0 Å². The molecule has 4 heteroatoms. The highest BCUT2D eigenvalue weighted by Gasteiger charge is 2.48.